The van der Waals surface area contributed by atoms with E-state index in [4.69, 9.17) is 29.2 Å². The van der Waals surface area contributed by atoms with Crippen LogP contribution in [0.2, 0.25) is 0 Å². The largest absolute Gasteiger partial charge is 0 e. The Bertz CT molecular complexity index is 1950. The van der Waals surface area contributed by atoms with E-state index in [2.05, 4.69) is 52.5 Å². The van der Waals surface area contributed by atoms with Crippen LogP contribution in [0.25, 0.3) is 0 Å². The molecule has 0 fully saturated rings. The number of amides is 10. The Labute approximate surface area is 502 Å². The summed E-state index contributed by atoms with van der Waals surface area (Å²) in [6.45, 7) is 0.680. The monoisotopic (exact) mass is 1550 g/mol. The summed E-state index contributed by atoms with van der Waals surface area (Å²) in [5, 5.41) is 91.5. The van der Waals surface area contributed by atoms with Crippen molar-refractivity contribution in [2.24, 2.45) is 0 Å². The molecule has 13 N–H and O–H groups in total. The second-order valence-corrected chi connectivity index (χ2v) is 20.0. The first-order chi connectivity index (χ1) is 39.5. The van der Waals surface area contributed by atoms with Gasteiger partial charge in [-0.2, -0.15) is 6.41 Å². The fourth-order valence-electron chi connectivity index (χ4n) is 6.98. The number of aliphatic hydroxyl groups excluding tert-OH is 8. The van der Waals surface area contributed by atoms with Crippen molar-refractivity contribution in [3.8, 4) is 0 Å². The summed E-state index contributed by atoms with van der Waals surface area (Å²) >= 11 is 5.72. The van der Waals surface area contributed by atoms with Crippen molar-refractivity contribution in [2.75, 3.05) is 160 Å². The quantitative estimate of drug-likeness (QED) is 0.00886. The van der Waals surface area contributed by atoms with Crippen molar-refractivity contribution in [1.82, 2.24) is 56.0 Å². The number of hydrogen-bond acceptors (Lipinski definition) is 24. The number of ether oxygens (including phenoxy) is 4. The maximum atomic E-state index is 13.7. The van der Waals surface area contributed by atoms with E-state index in [1.165, 1.54) is 46.5 Å². The van der Waals surface area contributed by atoms with Crippen molar-refractivity contribution < 1.29 is 108 Å². The van der Waals surface area contributed by atoms with E-state index < -0.39 is 148 Å². The van der Waals surface area contributed by atoms with Crippen LogP contribution < -0.4 is 26.6 Å². The first-order valence-corrected chi connectivity index (χ1v) is 29.2. The van der Waals surface area contributed by atoms with Crippen LogP contribution in [-0.4, -0.2) is 353 Å². The molecule has 0 bridgehead atoms. The van der Waals surface area contributed by atoms with E-state index in [-0.39, 0.29) is 105 Å². The smallest absolute Gasteiger partial charge is 0 e. The molecule has 0 aromatic rings. The van der Waals surface area contributed by atoms with Crippen LogP contribution in [0.3, 0.4) is 0 Å². The van der Waals surface area contributed by atoms with E-state index in [9.17, 15) is 78.6 Å². The predicted octanol–water partition coefficient (Wildman–Crippen LogP) is -8.17. The van der Waals surface area contributed by atoms with Crippen LogP contribution in [0.5, 0.6) is 0 Å². The number of carbonyl (C=O) groups excluding carboxylic acids is 10. The summed E-state index contributed by atoms with van der Waals surface area (Å²) in [7, 11) is 6.58. The molecular formula is C49H91FmN11O22SSe-. The summed E-state index contributed by atoms with van der Waals surface area (Å²) in [5.74, 6) is -4.52. The first-order valence-electron chi connectivity index (χ1n) is 26.6. The second kappa shape index (κ2) is 46.9. The van der Waals surface area contributed by atoms with Crippen LogP contribution in [0.1, 0.15) is 46.5 Å². The minimum absolute atomic E-state index is 0. The third-order valence-corrected chi connectivity index (χ3v) is 11.7. The molecule has 0 aliphatic heterocycles. The fourth-order valence-corrected chi connectivity index (χ4v) is 6.98. The van der Waals surface area contributed by atoms with Crippen LogP contribution in [-0.2, 0) is 57.3 Å². The summed E-state index contributed by atoms with van der Waals surface area (Å²) in [6, 6.07) is -1.24. The van der Waals surface area contributed by atoms with Gasteiger partial charge in [0.15, 0.2) is 0 Å². The van der Waals surface area contributed by atoms with Gasteiger partial charge in [0.05, 0.1) is 90.1 Å². The molecule has 0 aromatic heterocycles. The predicted molar refractivity (Wildman–Crippen MR) is 302 cm³/mol. The van der Waals surface area contributed by atoms with Crippen LogP contribution in [0.15, 0.2) is 0 Å². The van der Waals surface area contributed by atoms with Gasteiger partial charge in [0.25, 0.3) is 0 Å². The van der Waals surface area contributed by atoms with E-state index in [0.29, 0.717) is 0 Å². The maximum absolute atomic E-state index is 13.7. The van der Waals surface area contributed by atoms with Gasteiger partial charge >= 0.3 is 38.1 Å². The Morgan fingerprint density at radius 1 is 0.553 bits per heavy atom. The number of rotatable bonds is 43. The molecule has 1 radical (unpaired) electrons. The average molecular weight is 1550 g/mol. The minimum atomic E-state index is -1.68. The third-order valence-electron chi connectivity index (χ3n) is 11.7. The molecule has 0 spiro atoms. The number of hydrogen-bond donors (Lipinski definition) is 14. The zero-order chi connectivity index (χ0) is 64.5. The van der Waals surface area contributed by atoms with Gasteiger partial charge in [0.1, 0.15) is 30.5 Å². The Morgan fingerprint density at radius 3 is 1.49 bits per heavy atom. The molecule has 7 atom stereocenters. The number of thiol groups is 1. The molecule has 85 heavy (non-hydrogen) atoms. The number of alkyl carbamates (subject to hydrolysis) is 2. The zero-order valence-corrected chi connectivity index (χ0v) is 54.4. The maximum Gasteiger partial charge on any atom is 0 e. The molecule has 0 saturated heterocycles. The van der Waals surface area contributed by atoms with E-state index in [1.807, 2.05) is 0 Å². The van der Waals surface area contributed by atoms with Crippen molar-refractivity contribution in [1.29, 1.82) is 0 Å². The summed E-state index contributed by atoms with van der Waals surface area (Å²) in [6.07, 6.45) is -9.95. The topological polar surface area (TPSA) is 449 Å². The number of aliphatic hydroxyl groups is 8. The molecule has 10 amide bonds. The molecule has 0 rings (SSSR count). The van der Waals surface area contributed by atoms with Crippen molar-refractivity contribution in [3.05, 3.63) is 0 Å². The molecule has 0 heterocycles. The number of nitrogens with one attached hydrogen (secondary N) is 5. The SMILES string of the molecule is CN(CC(=O)NCCOCCOCCOC(=O)NCCN(CC(O)C(O)C(O)CCO)CC(O)C(O)C(O)CCO)C(=O)CN(C)C(=O)CN(C)C(=O)C(CCCNC(=O)OC(C)(C)C)NC(=O)CN(C)C(=O)CN(C)C(=O)CN[C-]=O.S[Se].[Fm]. The van der Waals surface area contributed by atoms with Gasteiger partial charge in [0.2, 0.25) is 41.4 Å². The van der Waals surface area contributed by atoms with Crippen LogP contribution in [0, 0.1) is 0 Å². The summed E-state index contributed by atoms with van der Waals surface area (Å²) in [5.41, 5.74) is -0.772. The van der Waals surface area contributed by atoms with Gasteiger partial charge in [-0.15, -0.1) is 0 Å². The van der Waals surface area contributed by atoms with Crippen molar-refractivity contribution in [3.63, 3.8) is 0 Å². The van der Waals surface area contributed by atoms with Gasteiger partial charge in [-0.05, 0) is 46.5 Å². The van der Waals surface area contributed by atoms with Gasteiger partial charge in [-0.1, -0.05) is 0 Å². The normalized spacial score (nSPS) is 13.4. The summed E-state index contributed by atoms with van der Waals surface area (Å²) < 4.78 is 21.1. The molecule has 499 valence electrons. The molecule has 7 unspecified atom stereocenters. The van der Waals surface area contributed by atoms with E-state index in [0.717, 1.165) is 24.5 Å². The zero-order valence-electron chi connectivity index (χ0n) is 49.4. The van der Waals surface area contributed by atoms with Crippen molar-refractivity contribution >= 4 is 85.9 Å². The first kappa shape index (κ1) is 82.9. The molecule has 0 aliphatic rings. The van der Waals surface area contributed by atoms with Gasteiger partial charge in [-0.25, -0.2) is 9.59 Å². The fraction of sp³-hybridized carbons (Fsp3) is 0.796. The Kier molecular flexibility index (Phi) is 45.8. The van der Waals surface area contributed by atoms with E-state index in [1.54, 1.807) is 20.8 Å². The molecule has 36 heteroatoms. The van der Waals surface area contributed by atoms with Gasteiger partial charge < -0.3 is 116 Å². The van der Waals surface area contributed by atoms with Crippen LogP contribution in [0.4, 0.5) is 9.59 Å². The average Bonchev–Trinajstić information content (AvgIpc) is 3.48. The summed E-state index contributed by atoms with van der Waals surface area (Å²) in [4.78, 5) is 132. The van der Waals surface area contributed by atoms with Gasteiger partial charge in [-0.3, -0.25) is 38.5 Å². The molecule has 0 aliphatic carbocycles. The number of nitrogens with zero attached hydrogens (tertiary/aromatic N) is 6. The Morgan fingerprint density at radius 2 is 1.00 bits per heavy atom. The molecule has 0 aromatic carbocycles. The minimum Gasteiger partial charge on any atom is 0 e. The number of carbonyl (C=O) groups is 9. The molecular weight excluding hydrogens is 1460 g/mol. The van der Waals surface area contributed by atoms with Crippen molar-refractivity contribution in [2.45, 2.75) is 94.7 Å². The second-order valence-electron chi connectivity index (χ2n) is 20.0. The van der Waals surface area contributed by atoms with Crippen LogP contribution >= 0.6 is 11.0 Å². The molecule has 33 nitrogen and oxygen atoms in total. The Balaban J connectivity index is -0.0000221. The van der Waals surface area contributed by atoms with Gasteiger partial charge in [0, 0.05) is 87.7 Å². The standard InChI is InChI=1S/C49H90N11O22.Fm.HSSe/c1-49(2,3)82-48(78)52-13-9-10-33(54-39(69)28-56(5)41(71)29-57(6)40(70)24-50-32-63)46(76)59(8)31-43(73)58(7)30-42(72)55(4)27-38(68)51-15-19-79-20-21-80-22-23-81-47(77)53-14-16-60(25-36(66)44(74)34(64)11-17-61)26-37(67)45(75)35(65)12-18-62;;1-2/h33-37,44-45,61-62,64-67,74-75H,9-31H2,1-8H3,(H,50,63)(H,51,68)(H,52,78)(H,53,77)(H,54,69);;1H/q-1;;. The third kappa shape index (κ3) is 39.1. The number of likely N-dealkylation sites (N-methyl/N-ethyl adjacent to an activating group) is 5. The molecule has 0 saturated carbocycles. The van der Waals surface area contributed by atoms with E-state index >= 15 is 0 Å². The Hall–Kier alpha value is -6.27.